The Morgan fingerprint density at radius 2 is 2.30 bits per heavy atom. The molecule has 0 amide bonds. The third-order valence-corrected chi connectivity index (χ3v) is 2.97. The molecule has 4 heteroatoms. The highest BCUT2D eigenvalue weighted by Crippen LogP contribution is 2.27. The summed E-state index contributed by atoms with van der Waals surface area (Å²) in [7, 11) is -0.177. The second kappa shape index (κ2) is 4.42. The quantitative estimate of drug-likeness (QED) is 0.533. The molecule has 0 radical (unpaired) electrons. The third kappa shape index (κ3) is 2.65. The lowest BCUT2D eigenvalue weighted by atomic mass is 9.98. The molecule has 2 nitrogen and oxygen atoms in total. The van der Waals surface area contributed by atoms with Crippen molar-refractivity contribution in [1.29, 1.82) is 0 Å². The van der Waals surface area contributed by atoms with E-state index in [2.05, 4.69) is 15.9 Å². The smallest absolute Gasteiger partial charge is 0.291 e. The van der Waals surface area contributed by atoms with E-state index in [0.717, 1.165) is 12.8 Å². The number of alkyl halides is 1. The number of rotatable bonds is 2. The van der Waals surface area contributed by atoms with Gasteiger partial charge in [0.05, 0.1) is 6.10 Å². The molecule has 1 fully saturated rings. The van der Waals surface area contributed by atoms with Gasteiger partial charge in [-0.3, -0.25) is 4.52 Å². The van der Waals surface area contributed by atoms with Crippen molar-refractivity contribution < 1.29 is 9.09 Å². The fourth-order valence-corrected chi connectivity index (χ4v) is 2.30. The molecule has 0 heterocycles. The number of hydrogen-bond donors (Lipinski definition) is 0. The minimum Gasteiger partial charge on any atom is -0.291 e. The predicted molar refractivity (Wildman–Crippen MR) is 43.7 cm³/mol. The Bertz CT molecular complexity index is 120. The van der Waals surface area contributed by atoms with Crippen molar-refractivity contribution in [2.75, 3.05) is 0 Å². The van der Waals surface area contributed by atoms with Crippen LogP contribution in [-0.4, -0.2) is 10.9 Å². The summed E-state index contributed by atoms with van der Waals surface area (Å²) in [6, 6.07) is 0. The van der Waals surface area contributed by atoms with E-state index in [-0.39, 0.29) is 14.8 Å². The SMILES string of the molecule is O=POC1CCCC(Br)C1. The molecule has 0 aliphatic heterocycles. The fraction of sp³-hybridized carbons (Fsp3) is 1.00. The molecule has 0 bridgehead atoms. The van der Waals surface area contributed by atoms with Gasteiger partial charge < -0.3 is 0 Å². The highest BCUT2D eigenvalue weighted by atomic mass is 79.9. The van der Waals surface area contributed by atoms with Crippen LogP contribution >= 0.6 is 24.6 Å². The molecule has 0 saturated heterocycles. The van der Waals surface area contributed by atoms with E-state index in [1.54, 1.807) is 0 Å². The van der Waals surface area contributed by atoms with E-state index < -0.39 is 0 Å². The van der Waals surface area contributed by atoms with Crippen molar-refractivity contribution in [3.05, 3.63) is 0 Å². The van der Waals surface area contributed by atoms with Crippen LogP contribution in [0.15, 0.2) is 0 Å². The van der Waals surface area contributed by atoms with Crippen LogP contribution in [0.5, 0.6) is 0 Å². The number of hydrogen-bond acceptors (Lipinski definition) is 2. The molecule has 0 spiro atoms. The van der Waals surface area contributed by atoms with Gasteiger partial charge in [0.2, 0.25) is 0 Å². The van der Waals surface area contributed by atoms with Crippen LogP contribution in [0.3, 0.4) is 0 Å². The molecular weight excluding hydrogens is 215 g/mol. The Kier molecular flexibility index (Phi) is 3.82. The molecule has 0 aromatic rings. The lowest BCUT2D eigenvalue weighted by molar-refractivity contribution is 0.177. The van der Waals surface area contributed by atoms with Gasteiger partial charge in [0.15, 0.2) is 0 Å². The summed E-state index contributed by atoms with van der Waals surface area (Å²) in [5.41, 5.74) is 0. The van der Waals surface area contributed by atoms with Gasteiger partial charge in [-0.15, -0.1) is 0 Å². The summed E-state index contributed by atoms with van der Waals surface area (Å²) in [5, 5.41) is 0. The van der Waals surface area contributed by atoms with Crippen molar-refractivity contribution >= 4 is 24.6 Å². The van der Waals surface area contributed by atoms with Gasteiger partial charge in [0, 0.05) is 4.83 Å². The van der Waals surface area contributed by atoms with Crippen LogP contribution in [0.25, 0.3) is 0 Å². The van der Waals surface area contributed by atoms with Gasteiger partial charge in [0.1, 0.15) is 0 Å². The van der Waals surface area contributed by atoms with Crippen LogP contribution in [-0.2, 0) is 9.09 Å². The molecule has 2 unspecified atom stereocenters. The first-order valence-corrected chi connectivity index (χ1v) is 5.10. The molecule has 0 N–H and O–H groups in total. The highest BCUT2D eigenvalue weighted by molar-refractivity contribution is 9.09. The summed E-state index contributed by atoms with van der Waals surface area (Å²) in [6.45, 7) is 0. The third-order valence-electron chi connectivity index (χ3n) is 1.75. The van der Waals surface area contributed by atoms with Crippen molar-refractivity contribution in [1.82, 2.24) is 0 Å². The van der Waals surface area contributed by atoms with Gasteiger partial charge in [-0.25, -0.2) is 4.57 Å². The summed E-state index contributed by atoms with van der Waals surface area (Å²) >= 11 is 3.51. The first-order chi connectivity index (χ1) is 4.83. The lowest BCUT2D eigenvalue weighted by Crippen LogP contribution is -2.19. The zero-order valence-electron chi connectivity index (χ0n) is 5.62. The standard InChI is InChI=1S/C6H10BrO2P/c7-5-2-1-3-6(4-5)9-10-8/h5-6H,1-4H2. The molecule has 1 aliphatic rings. The molecule has 58 valence electrons. The van der Waals surface area contributed by atoms with E-state index in [4.69, 9.17) is 4.52 Å². The Morgan fingerprint density at radius 1 is 1.50 bits per heavy atom. The fourth-order valence-electron chi connectivity index (χ4n) is 1.24. The van der Waals surface area contributed by atoms with Crippen LogP contribution in [0.2, 0.25) is 0 Å². The van der Waals surface area contributed by atoms with Gasteiger partial charge in [-0.2, -0.15) is 0 Å². The van der Waals surface area contributed by atoms with E-state index >= 15 is 0 Å². The summed E-state index contributed by atoms with van der Waals surface area (Å²) < 4.78 is 15.0. The average Bonchev–Trinajstić information content (AvgIpc) is 1.88. The van der Waals surface area contributed by atoms with Crippen LogP contribution < -0.4 is 0 Å². The molecule has 1 aliphatic carbocycles. The van der Waals surface area contributed by atoms with E-state index in [0.29, 0.717) is 4.83 Å². The summed E-state index contributed by atoms with van der Waals surface area (Å²) in [5.74, 6) is 0. The average molecular weight is 225 g/mol. The second-order valence-electron chi connectivity index (χ2n) is 2.57. The predicted octanol–water partition coefficient (Wildman–Crippen LogP) is 2.92. The van der Waals surface area contributed by atoms with Gasteiger partial charge in [-0.05, 0) is 25.7 Å². The van der Waals surface area contributed by atoms with E-state index in [9.17, 15) is 4.57 Å². The molecule has 10 heavy (non-hydrogen) atoms. The molecule has 1 saturated carbocycles. The topological polar surface area (TPSA) is 26.3 Å². The normalized spacial score (nSPS) is 34.5. The maximum absolute atomic E-state index is 10.0. The molecule has 0 aromatic heterocycles. The minimum absolute atomic E-state index is 0.177. The first-order valence-electron chi connectivity index (χ1n) is 3.45. The van der Waals surface area contributed by atoms with Crippen molar-refractivity contribution in [2.45, 2.75) is 36.6 Å². The summed E-state index contributed by atoms with van der Waals surface area (Å²) in [4.78, 5) is 0.563. The summed E-state index contributed by atoms with van der Waals surface area (Å²) in [6.07, 6.45) is 4.65. The molecule has 1 rings (SSSR count). The lowest BCUT2D eigenvalue weighted by Gasteiger charge is -2.22. The van der Waals surface area contributed by atoms with E-state index in [1.165, 1.54) is 12.8 Å². The molecule has 0 aromatic carbocycles. The first kappa shape index (κ1) is 8.63. The monoisotopic (exact) mass is 224 g/mol. The largest absolute Gasteiger partial charge is 0.327 e. The highest BCUT2D eigenvalue weighted by Gasteiger charge is 2.20. The molecular formula is C6H10BrO2P. The van der Waals surface area contributed by atoms with Crippen LogP contribution in [0.1, 0.15) is 25.7 Å². The Labute approximate surface area is 70.7 Å². The van der Waals surface area contributed by atoms with Gasteiger partial charge in [-0.1, -0.05) is 15.9 Å². The molecule has 2 atom stereocenters. The van der Waals surface area contributed by atoms with Crippen molar-refractivity contribution in [3.63, 3.8) is 0 Å². The van der Waals surface area contributed by atoms with Gasteiger partial charge in [0.25, 0.3) is 0 Å². The minimum atomic E-state index is -0.177. The van der Waals surface area contributed by atoms with Gasteiger partial charge >= 0.3 is 8.69 Å². The Morgan fingerprint density at radius 3 is 2.90 bits per heavy atom. The maximum Gasteiger partial charge on any atom is 0.327 e. The second-order valence-corrected chi connectivity index (χ2v) is 4.22. The number of halogens is 1. The Balaban J connectivity index is 2.24. The maximum atomic E-state index is 10.0. The zero-order valence-corrected chi connectivity index (χ0v) is 8.11. The van der Waals surface area contributed by atoms with Crippen LogP contribution in [0, 0.1) is 0 Å². The zero-order chi connectivity index (χ0) is 7.40. The Hall–Kier alpha value is 0.540. The van der Waals surface area contributed by atoms with E-state index in [1.807, 2.05) is 0 Å². The van der Waals surface area contributed by atoms with Crippen LogP contribution in [0.4, 0.5) is 0 Å². The van der Waals surface area contributed by atoms with Crippen molar-refractivity contribution in [2.24, 2.45) is 0 Å². The van der Waals surface area contributed by atoms with Crippen molar-refractivity contribution in [3.8, 4) is 0 Å².